The quantitative estimate of drug-likeness (QED) is 0.553. The Labute approximate surface area is 190 Å². The number of aliphatic imine (C=N–C) groups is 1. The van der Waals surface area contributed by atoms with E-state index in [9.17, 15) is 10.1 Å². The van der Waals surface area contributed by atoms with Gasteiger partial charge in [0.1, 0.15) is 23.8 Å². The van der Waals surface area contributed by atoms with Crippen molar-refractivity contribution < 1.29 is 9.53 Å². The lowest BCUT2D eigenvalue weighted by molar-refractivity contribution is 0.0946. The van der Waals surface area contributed by atoms with Crippen LogP contribution in [0.15, 0.2) is 35.7 Å². The summed E-state index contributed by atoms with van der Waals surface area (Å²) in [5, 5.41) is 12.3. The lowest BCUT2D eigenvalue weighted by atomic mass is 10.0. The molecule has 1 amide bonds. The third-order valence-electron chi connectivity index (χ3n) is 5.49. The van der Waals surface area contributed by atoms with E-state index in [-0.39, 0.29) is 24.2 Å². The Bertz CT molecular complexity index is 1300. The molecule has 1 aliphatic heterocycles. The van der Waals surface area contributed by atoms with Crippen LogP contribution in [0, 0.1) is 11.3 Å². The summed E-state index contributed by atoms with van der Waals surface area (Å²) in [5.74, 6) is 0.375. The van der Waals surface area contributed by atoms with Gasteiger partial charge < -0.3 is 20.4 Å². The summed E-state index contributed by atoms with van der Waals surface area (Å²) < 4.78 is 7.58. The first-order valence-electron chi connectivity index (χ1n) is 10.5. The van der Waals surface area contributed by atoms with E-state index in [1.165, 1.54) is 12.5 Å². The van der Waals surface area contributed by atoms with Crippen LogP contribution in [-0.4, -0.2) is 45.3 Å². The molecule has 0 saturated carbocycles. The van der Waals surface area contributed by atoms with Crippen molar-refractivity contribution in [1.82, 2.24) is 24.8 Å². The summed E-state index contributed by atoms with van der Waals surface area (Å²) in [6.45, 7) is 0.895. The van der Waals surface area contributed by atoms with Gasteiger partial charge in [0.2, 0.25) is 0 Å². The van der Waals surface area contributed by atoms with Gasteiger partial charge in [-0.3, -0.25) is 9.79 Å². The Balaban J connectivity index is 1.60. The number of aryl methyl sites for hydroxylation is 1. The van der Waals surface area contributed by atoms with Gasteiger partial charge in [-0.2, -0.15) is 5.26 Å². The van der Waals surface area contributed by atoms with Crippen LogP contribution in [0.2, 0.25) is 0 Å². The van der Waals surface area contributed by atoms with E-state index in [2.05, 4.69) is 31.3 Å². The molecular weight excluding hydrogens is 420 g/mol. The van der Waals surface area contributed by atoms with Crippen LogP contribution >= 0.6 is 0 Å². The number of aromatic nitrogens is 4. The summed E-state index contributed by atoms with van der Waals surface area (Å²) in [6.07, 6.45) is 6.12. The van der Waals surface area contributed by atoms with E-state index in [4.69, 9.17) is 10.5 Å². The van der Waals surface area contributed by atoms with Crippen LogP contribution in [0.25, 0.3) is 16.7 Å². The second-order valence-corrected chi connectivity index (χ2v) is 7.65. The first-order chi connectivity index (χ1) is 16.0. The number of nitrogens with zero attached hydrogens (tertiary/aromatic N) is 6. The first-order valence-corrected chi connectivity index (χ1v) is 10.5. The number of fused-ring (bicyclic) bond motifs is 1. The molecule has 0 bridgehead atoms. The number of nitriles is 1. The molecule has 10 nitrogen and oxygen atoms in total. The first kappa shape index (κ1) is 22.1. The Hall–Kier alpha value is -4.10. The number of imidazole rings is 1. The monoisotopic (exact) mass is 444 g/mol. The van der Waals surface area contributed by atoms with Gasteiger partial charge in [0.15, 0.2) is 11.3 Å². The number of carbonyl (C=O) groups is 1. The smallest absolute Gasteiger partial charge is 0.272 e. The SMILES string of the molecule is CN=CC(=CN)c1cc(C#N)cc(CNC(=O)c2ncnc3nc(C4CCCO4)n(C)c23)c1. The molecule has 2 aromatic heterocycles. The minimum absolute atomic E-state index is 0.108. The van der Waals surface area contributed by atoms with Gasteiger partial charge >= 0.3 is 0 Å². The number of benzene rings is 1. The number of rotatable bonds is 6. The van der Waals surface area contributed by atoms with Crippen LogP contribution in [0.5, 0.6) is 0 Å². The predicted octanol–water partition coefficient (Wildman–Crippen LogP) is 2.02. The van der Waals surface area contributed by atoms with Crippen LogP contribution in [0.1, 0.15) is 51.9 Å². The molecule has 10 heteroatoms. The summed E-state index contributed by atoms with van der Waals surface area (Å²) in [7, 11) is 3.48. The maximum absolute atomic E-state index is 13.1. The van der Waals surface area contributed by atoms with E-state index >= 15 is 0 Å². The zero-order valence-corrected chi connectivity index (χ0v) is 18.4. The number of hydrogen-bond donors (Lipinski definition) is 2. The van der Waals surface area contributed by atoms with Crippen LogP contribution in [0.4, 0.5) is 0 Å². The zero-order valence-electron chi connectivity index (χ0n) is 18.4. The fraction of sp³-hybridized carbons (Fsp3) is 0.304. The molecule has 1 saturated heterocycles. The molecule has 3 aromatic rings. The molecule has 0 aliphatic carbocycles. The van der Waals surface area contributed by atoms with Crippen LogP contribution in [0.3, 0.4) is 0 Å². The van der Waals surface area contributed by atoms with E-state index < -0.39 is 0 Å². The van der Waals surface area contributed by atoms with Crippen molar-refractivity contribution in [2.24, 2.45) is 17.8 Å². The third kappa shape index (κ3) is 4.44. The van der Waals surface area contributed by atoms with Gasteiger partial charge in [-0.25, -0.2) is 15.0 Å². The highest BCUT2D eigenvalue weighted by atomic mass is 16.5. The molecule has 1 atom stereocenters. The van der Waals surface area contributed by atoms with Gasteiger partial charge in [-0.1, -0.05) is 0 Å². The molecule has 33 heavy (non-hydrogen) atoms. The molecule has 0 spiro atoms. The normalized spacial score (nSPS) is 16.4. The molecule has 1 unspecified atom stereocenters. The summed E-state index contributed by atoms with van der Waals surface area (Å²) >= 11 is 0. The van der Waals surface area contributed by atoms with E-state index in [1.54, 1.807) is 25.4 Å². The second-order valence-electron chi connectivity index (χ2n) is 7.65. The predicted molar refractivity (Wildman–Crippen MR) is 123 cm³/mol. The third-order valence-corrected chi connectivity index (χ3v) is 5.49. The maximum Gasteiger partial charge on any atom is 0.272 e. The number of nitrogens with one attached hydrogen (secondary N) is 1. The lowest BCUT2D eigenvalue weighted by Crippen LogP contribution is -2.25. The summed E-state index contributed by atoms with van der Waals surface area (Å²) in [4.78, 5) is 30.1. The highest BCUT2D eigenvalue weighted by molar-refractivity contribution is 6.09. The van der Waals surface area contributed by atoms with Gasteiger partial charge in [-0.05, 0) is 42.2 Å². The number of ether oxygens (including phenoxy) is 1. The number of allylic oxidation sites excluding steroid dienone is 1. The summed E-state index contributed by atoms with van der Waals surface area (Å²) in [6, 6.07) is 7.44. The molecule has 1 aliphatic rings. The van der Waals surface area contributed by atoms with E-state index in [0.29, 0.717) is 28.9 Å². The second kappa shape index (κ2) is 9.58. The minimum atomic E-state index is -0.363. The van der Waals surface area contributed by atoms with Crippen molar-refractivity contribution in [3.05, 3.63) is 58.9 Å². The molecule has 3 heterocycles. The fourth-order valence-electron chi connectivity index (χ4n) is 3.94. The number of nitrogens with two attached hydrogens (primary N) is 1. The molecule has 4 rings (SSSR count). The van der Waals surface area contributed by atoms with Crippen molar-refractivity contribution in [1.29, 1.82) is 5.26 Å². The van der Waals surface area contributed by atoms with Gasteiger partial charge in [0, 0.05) is 45.2 Å². The molecule has 168 valence electrons. The summed E-state index contributed by atoms with van der Waals surface area (Å²) in [5.41, 5.74) is 9.57. The van der Waals surface area contributed by atoms with Gasteiger partial charge in [0.05, 0.1) is 11.6 Å². The van der Waals surface area contributed by atoms with Crippen molar-refractivity contribution >= 4 is 28.9 Å². The molecule has 0 radical (unpaired) electrons. The Kier molecular flexibility index (Phi) is 6.42. The standard InChI is InChI=1S/C23H24N8O2/c1-26-12-17(10-25)16-7-14(9-24)6-15(8-16)11-27-23(32)19-20-21(29-13-28-19)30-22(31(20)2)18-4-3-5-33-18/h6-8,10,12-13,18H,3-5,11,25H2,1-2H3,(H,27,32). The fourth-order valence-corrected chi connectivity index (χ4v) is 3.94. The average molecular weight is 444 g/mol. The van der Waals surface area contributed by atoms with Gasteiger partial charge in [-0.15, -0.1) is 0 Å². The largest absolute Gasteiger partial charge is 0.404 e. The Morgan fingerprint density at radius 1 is 1.42 bits per heavy atom. The lowest BCUT2D eigenvalue weighted by Gasteiger charge is -2.11. The maximum atomic E-state index is 13.1. The number of carbonyl (C=O) groups excluding carboxylic acids is 1. The number of amides is 1. The van der Waals surface area contributed by atoms with Crippen molar-refractivity contribution in [2.45, 2.75) is 25.5 Å². The highest BCUT2D eigenvalue weighted by Gasteiger charge is 2.26. The zero-order chi connectivity index (χ0) is 23.4. The average Bonchev–Trinajstić information content (AvgIpc) is 3.48. The highest BCUT2D eigenvalue weighted by Crippen LogP contribution is 2.30. The van der Waals surface area contributed by atoms with Crippen molar-refractivity contribution in [3.8, 4) is 6.07 Å². The van der Waals surface area contributed by atoms with Crippen molar-refractivity contribution in [3.63, 3.8) is 0 Å². The van der Waals surface area contributed by atoms with Crippen LogP contribution < -0.4 is 11.1 Å². The van der Waals surface area contributed by atoms with Gasteiger partial charge in [0.25, 0.3) is 5.91 Å². The number of hydrogen-bond acceptors (Lipinski definition) is 8. The van der Waals surface area contributed by atoms with E-state index in [1.807, 2.05) is 17.7 Å². The molecule has 1 fully saturated rings. The molecule has 3 N–H and O–H groups in total. The topological polar surface area (TPSA) is 144 Å². The Morgan fingerprint density at radius 3 is 2.97 bits per heavy atom. The molecule has 1 aromatic carbocycles. The Morgan fingerprint density at radius 2 is 2.27 bits per heavy atom. The van der Waals surface area contributed by atoms with Crippen molar-refractivity contribution in [2.75, 3.05) is 13.7 Å². The molecular formula is C23H24N8O2. The van der Waals surface area contributed by atoms with Crippen LogP contribution in [-0.2, 0) is 18.3 Å². The minimum Gasteiger partial charge on any atom is -0.404 e. The van der Waals surface area contributed by atoms with E-state index in [0.717, 1.165) is 29.8 Å².